The van der Waals surface area contributed by atoms with Crippen LogP contribution in [0.2, 0.25) is 0 Å². The Morgan fingerprint density at radius 1 is 1.11 bits per heavy atom. The maximum Gasteiger partial charge on any atom is 0.252 e. The van der Waals surface area contributed by atoms with Crippen LogP contribution in [-0.2, 0) is 12.8 Å². The molecular formula is C22H19N3OS. The summed E-state index contributed by atoms with van der Waals surface area (Å²) in [7, 11) is 0. The third kappa shape index (κ3) is 3.04. The molecule has 0 saturated heterocycles. The SMILES string of the molecule is O=C(NC(c1ccc2c(c1)CCC2)c1cccs1)c1ccc2nc[nH]c2c1. The molecule has 0 spiro atoms. The van der Waals surface area contributed by atoms with Gasteiger partial charge in [-0.1, -0.05) is 24.3 Å². The number of fused-ring (bicyclic) bond motifs is 2. The fraction of sp³-hybridized carbons (Fsp3) is 0.182. The molecule has 2 aromatic carbocycles. The smallest absolute Gasteiger partial charge is 0.252 e. The van der Waals surface area contributed by atoms with Gasteiger partial charge in [0.25, 0.3) is 5.91 Å². The van der Waals surface area contributed by atoms with Crippen LogP contribution in [0.3, 0.4) is 0 Å². The largest absolute Gasteiger partial charge is 0.345 e. The van der Waals surface area contributed by atoms with Crippen molar-refractivity contribution in [1.82, 2.24) is 15.3 Å². The molecule has 5 rings (SSSR count). The van der Waals surface area contributed by atoms with E-state index in [1.54, 1.807) is 17.7 Å². The van der Waals surface area contributed by atoms with Crippen molar-refractivity contribution in [3.63, 3.8) is 0 Å². The Bertz CT molecular complexity index is 1110. The normalized spacial score (nSPS) is 14.2. The summed E-state index contributed by atoms with van der Waals surface area (Å²) in [6.07, 6.45) is 5.16. The number of hydrogen-bond acceptors (Lipinski definition) is 3. The van der Waals surface area contributed by atoms with E-state index in [1.807, 2.05) is 24.3 Å². The number of thiophene rings is 1. The van der Waals surface area contributed by atoms with Crippen LogP contribution in [0.4, 0.5) is 0 Å². The van der Waals surface area contributed by atoms with E-state index in [2.05, 4.69) is 44.9 Å². The van der Waals surface area contributed by atoms with Crippen molar-refractivity contribution in [1.29, 1.82) is 0 Å². The second kappa shape index (κ2) is 6.67. The van der Waals surface area contributed by atoms with Crippen molar-refractivity contribution in [3.8, 4) is 0 Å². The highest BCUT2D eigenvalue weighted by atomic mass is 32.1. The number of carbonyl (C=O) groups excluding carboxylic acids is 1. The van der Waals surface area contributed by atoms with Crippen LogP contribution in [0.15, 0.2) is 60.2 Å². The third-order valence-corrected chi connectivity index (χ3v) is 6.18. The average molecular weight is 373 g/mol. The molecule has 0 aliphatic heterocycles. The molecule has 2 aromatic heterocycles. The molecule has 4 nitrogen and oxygen atoms in total. The van der Waals surface area contributed by atoms with E-state index in [0.29, 0.717) is 5.56 Å². The number of imidazole rings is 1. The predicted molar refractivity (Wildman–Crippen MR) is 108 cm³/mol. The van der Waals surface area contributed by atoms with Crippen LogP contribution < -0.4 is 5.32 Å². The number of nitrogens with zero attached hydrogens (tertiary/aromatic N) is 1. The monoisotopic (exact) mass is 373 g/mol. The minimum Gasteiger partial charge on any atom is -0.345 e. The van der Waals surface area contributed by atoms with Gasteiger partial charge in [0.15, 0.2) is 0 Å². The zero-order chi connectivity index (χ0) is 18.2. The van der Waals surface area contributed by atoms with E-state index >= 15 is 0 Å². The molecule has 1 unspecified atom stereocenters. The quantitative estimate of drug-likeness (QED) is 0.548. The van der Waals surface area contributed by atoms with Gasteiger partial charge in [0.05, 0.1) is 23.4 Å². The summed E-state index contributed by atoms with van der Waals surface area (Å²) in [6.45, 7) is 0. The minimum atomic E-state index is -0.138. The first-order valence-electron chi connectivity index (χ1n) is 9.17. The first kappa shape index (κ1) is 16.3. The Morgan fingerprint density at radius 3 is 2.93 bits per heavy atom. The highest BCUT2D eigenvalue weighted by Crippen LogP contribution is 2.31. The number of aryl methyl sites for hydroxylation is 2. The van der Waals surface area contributed by atoms with E-state index in [-0.39, 0.29) is 11.9 Å². The van der Waals surface area contributed by atoms with Crippen LogP contribution >= 0.6 is 11.3 Å². The van der Waals surface area contributed by atoms with E-state index in [0.717, 1.165) is 34.3 Å². The minimum absolute atomic E-state index is 0.0783. The summed E-state index contributed by atoms with van der Waals surface area (Å²) < 4.78 is 0. The van der Waals surface area contributed by atoms with Crippen LogP contribution in [0.5, 0.6) is 0 Å². The van der Waals surface area contributed by atoms with Gasteiger partial charge in [-0.05, 0) is 65.6 Å². The molecule has 4 aromatic rings. The number of aromatic amines is 1. The number of carbonyl (C=O) groups is 1. The van der Waals surface area contributed by atoms with Crippen LogP contribution in [0.1, 0.15) is 44.4 Å². The summed E-state index contributed by atoms with van der Waals surface area (Å²) >= 11 is 1.67. The molecule has 1 atom stereocenters. The van der Waals surface area contributed by atoms with E-state index < -0.39 is 0 Å². The topological polar surface area (TPSA) is 57.8 Å². The van der Waals surface area contributed by atoms with Gasteiger partial charge in [-0.25, -0.2) is 4.98 Å². The first-order chi connectivity index (χ1) is 13.3. The highest BCUT2D eigenvalue weighted by molar-refractivity contribution is 7.10. The number of rotatable bonds is 4. The summed E-state index contributed by atoms with van der Waals surface area (Å²) in [6, 6.07) is 16.2. The maximum absolute atomic E-state index is 13.0. The van der Waals surface area contributed by atoms with Gasteiger partial charge >= 0.3 is 0 Å². The molecule has 27 heavy (non-hydrogen) atoms. The van der Waals surface area contributed by atoms with E-state index in [9.17, 15) is 4.79 Å². The predicted octanol–water partition coefficient (Wildman–Crippen LogP) is 4.63. The van der Waals surface area contributed by atoms with Crippen molar-refractivity contribution in [2.75, 3.05) is 0 Å². The van der Waals surface area contributed by atoms with Crippen molar-refractivity contribution < 1.29 is 4.79 Å². The third-order valence-electron chi connectivity index (χ3n) is 5.24. The van der Waals surface area contributed by atoms with Crippen molar-refractivity contribution >= 4 is 28.3 Å². The summed E-state index contributed by atoms with van der Waals surface area (Å²) in [5, 5.41) is 5.29. The molecule has 5 heteroatoms. The van der Waals surface area contributed by atoms with E-state index in [4.69, 9.17) is 0 Å². The highest BCUT2D eigenvalue weighted by Gasteiger charge is 2.21. The van der Waals surface area contributed by atoms with Crippen LogP contribution in [0.25, 0.3) is 11.0 Å². The fourth-order valence-corrected chi connectivity index (χ4v) is 4.64. The first-order valence-corrected chi connectivity index (χ1v) is 10.0. The van der Waals surface area contributed by atoms with Crippen molar-refractivity contribution in [2.45, 2.75) is 25.3 Å². The number of hydrogen-bond donors (Lipinski definition) is 2. The molecule has 1 aliphatic carbocycles. The summed E-state index contributed by atoms with van der Waals surface area (Å²) in [4.78, 5) is 21.4. The molecule has 2 N–H and O–H groups in total. The van der Waals surface area contributed by atoms with Crippen LogP contribution in [-0.4, -0.2) is 15.9 Å². The number of nitrogens with one attached hydrogen (secondary N) is 2. The van der Waals surface area contributed by atoms with Crippen LogP contribution in [0, 0.1) is 0 Å². The maximum atomic E-state index is 13.0. The molecule has 134 valence electrons. The zero-order valence-electron chi connectivity index (χ0n) is 14.7. The molecule has 0 bridgehead atoms. The number of amides is 1. The molecule has 1 aliphatic rings. The molecule has 1 amide bonds. The van der Waals surface area contributed by atoms with Gasteiger partial charge in [-0.2, -0.15) is 0 Å². The van der Waals surface area contributed by atoms with Crippen molar-refractivity contribution in [2.24, 2.45) is 0 Å². The second-order valence-corrected chi connectivity index (χ2v) is 7.92. The van der Waals surface area contributed by atoms with Gasteiger partial charge < -0.3 is 10.3 Å². The van der Waals surface area contributed by atoms with Gasteiger partial charge in [0, 0.05) is 10.4 Å². The van der Waals surface area contributed by atoms with Gasteiger partial charge in [0.1, 0.15) is 0 Å². The van der Waals surface area contributed by atoms with Gasteiger partial charge in [-0.15, -0.1) is 11.3 Å². The lowest BCUT2D eigenvalue weighted by molar-refractivity contribution is 0.0943. The lowest BCUT2D eigenvalue weighted by Gasteiger charge is -2.19. The standard InChI is InChI=1S/C22H19N3OS/c26-22(17-8-9-18-19(12-17)24-13-23-18)25-21(20-5-2-10-27-20)16-7-6-14-3-1-4-15(14)11-16/h2,5-13,21H,1,3-4H2,(H,23,24)(H,25,26). The van der Waals surface area contributed by atoms with Gasteiger partial charge in [0.2, 0.25) is 0 Å². The Morgan fingerprint density at radius 2 is 2.04 bits per heavy atom. The van der Waals surface area contributed by atoms with Gasteiger partial charge in [-0.3, -0.25) is 4.79 Å². The number of aromatic nitrogens is 2. The molecule has 2 heterocycles. The lowest BCUT2D eigenvalue weighted by Crippen LogP contribution is -2.28. The van der Waals surface area contributed by atoms with Crippen molar-refractivity contribution in [3.05, 3.63) is 87.4 Å². The molecule has 0 saturated carbocycles. The Labute approximate surface area is 161 Å². The molecular weight excluding hydrogens is 354 g/mol. The second-order valence-electron chi connectivity index (χ2n) is 6.94. The fourth-order valence-electron chi connectivity index (χ4n) is 3.84. The van der Waals surface area contributed by atoms with E-state index in [1.165, 1.54) is 17.5 Å². The number of benzene rings is 2. The summed E-state index contributed by atoms with van der Waals surface area (Å²) in [5.74, 6) is -0.0783. The zero-order valence-corrected chi connectivity index (χ0v) is 15.6. The Kier molecular flexibility index (Phi) is 4.02. The lowest BCUT2D eigenvalue weighted by atomic mass is 9.99. The molecule has 0 radical (unpaired) electrons. The Balaban J connectivity index is 1.48. The number of H-pyrrole nitrogens is 1. The average Bonchev–Trinajstić information content (AvgIpc) is 3.46. The summed E-state index contributed by atoms with van der Waals surface area (Å²) in [5.41, 5.74) is 6.37. The Hall–Kier alpha value is -2.92. The molecule has 0 fully saturated rings.